The van der Waals surface area contributed by atoms with E-state index in [1.807, 2.05) is 12.3 Å². The van der Waals surface area contributed by atoms with Crippen LogP contribution in [0.3, 0.4) is 0 Å². The number of thiazole rings is 2. The van der Waals surface area contributed by atoms with Crippen LogP contribution < -0.4 is 10.9 Å². The van der Waals surface area contributed by atoms with Gasteiger partial charge in [0.25, 0.3) is 11.5 Å². The lowest BCUT2D eigenvalue weighted by molar-refractivity contribution is 0.102. The lowest BCUT2D eigenvalue weighted by Crippen LogP contribution is -2.25. The topological polar surface area (TPSA) is 76.4 Å². The number of fused-ring (bicyclic) bond motifs is 1. The van der Waals surface area contributed by atoms with Crippen molar-refractivity contribution in [3.8, 4) is 0 Å². The molecule has 0 unspecified atom stereocenters. The highest BCUT2D eigenvalue weighted by Crippen LogP contribution is 2.40. The molecule has 1 amide bonds. The molecular weight excluding hydrogens is 320 g/mol. The molecule has 22 heavy (non-hydrogen) atoms. The van der Waals surface area contributed by atoms with Gasteiger partial charge < -0.3 is 0 Å². The number of amides is 1. The summed E-state index contributed by atoms with van der Waals surface area (Å²) in [5, 5.41) is 5.18. The Morgan fingerprint density at radius 1 is 1.45 bits per heavy atom. The Kier molecular flexibility index (Phi) is 3.08. The first kappa shape index (κ1) is 13.6. The molecule has 0 spiro atoms. The minimum atomic E-state index is -0.465. The molecule has 4 rings (SSSR count). The summed E-state index contributed by atoms with van der Waals surface area (Å²) in [5.74, 6) is 0.0757. The SMILES string of the molecule is Cc1cn2c(=O)c(C(=O)Nc3nc(C4CC4)cs3)cnc2s1. The third kappa shape index (κ3) is 2.34. The van der Waals surface area contributed by atoms with Gasteiger partial charge in [-0.15, -0.1) is 22.7 Å². The molecule has 0 atom stereocenters. The van der Waals surface area contributed by atoms with Crippen molar-refractivity contribution in [2.45, 2.75) is 25.7 Å². The van der Waals surface area contributed by atoms with Crippen molar-refractivity contribution in [3.63, 3.8) is 0 Å². The molecule has 0 radical (unpaired) electrons. The highest BCUT2D eigenvalue weighted by molar-refractivity contribution is 7.16. The predicted molar refractivity (Wildman–Crippen MR) is 86.1 cm³/mol. The highest BCUT2D eigenvalue weighted by Gasteiger charge is 2.26. The van der Waals surface area contributed by atoms with Crippen molar-refractivity contribution in [2.24, 2.45) is 0 Å². The van der Waals surface area contributed by atoms with Crippen LogP contribution in [0.1, 0.15) is 39.7 Å². The van der Waals surface area contributed by atoms with Gasteiger partial charge in [0.15, 0.2) is 10.1 Å². The molecule has 3 heterocycles. The standard InChI is InChI=1S/C14H12N4O2S2/c1-7-5-18-12(20)9(4-15-14(18)22-7)11(19)17-13-16-10(6-21-13)8-2-3-8/h4-6,8H,2-3H2,1H3,(H,16,17,19). The first-order chi connectivity index (χ1) is 10.6. The van der Waals surface area contributed by atoms with E-state index in [9.17, 15) is 9.59 Å². The molecular formula is C14H12N4O2S2. The van der Waals surface area contributed by atoms with Gasteiger partial charge in [0, 0.05) is 28.6 Å². The van der Waals surface area contributed by atoms with Crippen molar-refractivity contribution < 1.29 is 4.79 Å². The van der Waals surface area contributed by atoms with E-state index in [1.54, 1.807) is 6.20 Å². The van der Waals surface area contributed by atoms with Crippen LogP contribution in [0.25, 0.3) is 4.96 Å². The quantitative estimate of drug-likeness (QED) is 0.800. The molecule has 1 fully saturated rings. The average Bonchev–Trinajstić information content (AvgIpc) is 3.11. The molecule has 0 bridgehead atoms. The normalized spacial score (nSPS) is 14.4. The first-order valence-corrected chi connectivity index (χ1v) is 8.56. The van der Waals surface area contributed by atoms with Crippen LogP contribution in [-0.2, 0) is 0 Å². The Morgan fingerprint density at radius 2 is 2.27 bits per heavy atom. The molecule has 3 aromatic rings. The second kappa shape index (κ2) is 4.99. The second-order valence-corrected chi connectivity index (χ2v) is 7.35. The van der Waals surface area contributed by atoms with E-state index in [0.717, 1.165) is 23.4 Å². The van der Waals surface area contributed by atoms with Crippen LogP contribution in [-0.4, -0.2) is 20.3 Å². The Balaban J connectivity index is 1.63. The number of nitrogens with zero attached hydrogens (tertiary/aromatic N) is 3. The van der Waals surface area contributed by atoms with E-state index in [-0.39, 0.29) is 11.1 Å². The largest absolute Gasteiger partial charge is 0.298 e. The minimum Gasteiger partial charge on any atom is -0.298 e. The van der Waals surface area contributed by atoms with E-state index in [4.69, 9.17) is 0 Å². The molecule has 0 aliphatic heterocycles. The number of nitrogens with one attached hydrogen (secondary N) is 1. The Bertz CT molecular complexity index is 936. The maximum absolute atomic E-state index is 12.3. The first-order valence-electron chi connectivity index (χ1n) is 6.86. The summed E-state index contributed by atoms with van der Waals surface area (Å²) in [4.78, 5) is 34.8. The summed E-state index contributed by atoms with van der Waals surface area (Å²) in [6.07, 6.45) is 5.35. The van der Waals surface area contributed by atoms with Gasteiger partial charge in [-0.1, -0.05) is 0 Å². The monoisotopic (exact) mass is 332 g/mol. The Morgan fingerprint density at radius 3 is 3.05 bits per heavy atom. The number of carbonyl (C=O) groups excluding carboxylic acids is 1. The van der Waals surface area contributed by atoms with E-state index >= 15 is 0 Å². The lowest BCUT2D eigenvalue weighted by Gasteiger charge is -2.01. The summed E-state index contributed by atoms with van der Waals surface area (Å²) in [5.41, 5.74) is 0.698. The van der Waals surface area contributed by atoms with E-state index in [1.165, 1.54) is 33.3 Å². The molecule has 112 valence electrons. The number of carbonyl (C=O) groups is 1. The maximum atomic E-state index is 12.3. The average molecular weight is 332 g/mol. The summed E-state index contributed by atoms with van der Waals surface area (Å²) in [6, 6.07) is 0. The number of hydrogen-bond donors (Lipinski definition) is 1. The van der Waals surface area contributed by atoms with Crippen molar-refractivity contribution >= 4 is 38.7 Å². The second-order valence-electron chi connectivity index (χ2n) is 5.28. The number of aryl methyl sites for hydroxylation is 1. The third-order valence-corrected chi connectivity index (χ3v) is 5.19. The van der Waals surface area contributed by atoms with Crippen LogP contribution in [0, 0.1) is 6.92 Å². The van der Waals surface area contributed by atoms with Crippen LogP contribution in [0.4, 0.5) is 5.13 Å². The van der Waals surface area contributed by atoms with Gasteiger partial charge in [-0.3, -0.25) is 19.3 Å². The zero-order chi connectivity index (χ0) is 15.3. The fourth-order valence-electron chi connectivity index (χ4n) is 2.23. The molecule has 8 heteroatoms. The highest BCUT2D eigenvalue weighted by atomic mass is 32.1. The maximum Gasteiger partial charge on any atom is 0.271 e. The Hall–Kier alpha value is -2.06. The number of aromatic nitrogens is 3. The lowest BCUT2D eigenvalue weighted by atomic mass is 10.3. The fraction of sp³-hybridized carbons (Fsp3) is 0.286. The number of anilines is 1. The van der Waals surface area contributed by atoms with E-state index < -0.39 is 5.91 Å². The van der Waals surface area contributed by atoms with E-state index in [2.05, 4.69) is 15.3 Å². The number of hydrogen-bond acceptors (Lipinski definition) is 6. The van der Waals surface area contributed by atoms with Gasteiger partial charge >= 0.3 is 0 Å². The zero-order valence-corrected chi connectivity index (χ0v) is 13.3. The summed E-state index contributed by atoms with van der Waals surface area (Å²) < 4.78 is 1.41. The van der Waals surface area contributed by atoms with Gasteiger partial charge in [-0.2, -0.15) is 0 Å². The van der Waals surface area contributed by atoms with Gasteiger partial charge in [-0.25, -0.2) is 9.97 Å². The number of rotatable bonds is 3. The van der Waals surface area contributed by atoms with Crippen LogP contribution in [0.15, 0.2) is 22.6 Å². The smallest absolute Gasteiger partial charge is 0.271 e. The summed E-state index contributed by atoms with van der Waals surface area (Å²) in [6.45, 7) is 1.90. The van der Waals surface area contributed by atoms with Crippen molar-refractivity contribution in [1.82, 2.24) is 14.4 Å². The van der Waals surface area contributed by atoms with Crippen molar-refractivity contribution in [3.05, 3.63) is 44.3 Å². The molecule has 3 aromatic heterocycles. The van der Waals surface area contributed by atoms with Crippen molar-refractivity contribution in [1.29, 1.82) is 0 Å². The van der Waals surface area contributed by atoms with Gasteiger partial charge in [0.2, 0.25) is 0 Å². The van der Waals surface area contributed by atoms with Crippen LogP contribution >= 0.6 is 22.7 Å². The Labute approximate surface area is 133 Å². The third-order valence-electron chi connectivity index (χ3n) is 3.51. The van der Waals surface area contributed by atoms with Gasteiger partial charge in [0.1, 0.15) is 5.56 Å². The van der Waals surface area contributed by atoms with E-state index in [0.29, 0.717) is 16.0 Å². The fourth-order valence-corrected chi connectivity index (χ4v) is 3.80. The predicted octanol–water partition coefficient (Wildman–Crippen LogP) is 2.65. The summed E-state index contributed by atoms with van der Waals surface area (Å²) in [7, 11) is 0. The van der Waals surface area contributed by atoms with Gasteiger partial charge in [0.05, 0.1) is 5.69 Å². The molecule has 1 N–H and O–H groups in total. The zero-order valence-electron chi connectivity index (χ0n) is 11.7. The van der Waals surface area contributed by atoms with Crippen LogP contribution in [0.5, 0.6) is 0 Å². The van der Waals surface area contributed by atoms with Crippen molar-refractivity contribution in [2.75, 3.05) is 5.32 Å². The molecule has 1 saturated carbocycles. The molecule has 1 aliphatic rings. The molecule has 0 saturated heterocycles. The van der Waals surface area contributed by atoms with Crippen LogP contribution in [0.2, 0.25) is 0 Å². The molecule has 6 nitrogen and oxygen atoms in total. The minimum absolute atomic E-state index is 0.0264. The molecule has 1 aliphatic carbocycles. The van der Waals surface area contributed by atoms with Gasteiger partial charge in [-0.05, 0) is 19.8 Å². The summed E-state index contributed by atoms with van der Waals surface area (Å²) >= 11 is 2.80. The molecule has 0 aromatic carbocycles.